The fraction of sp³-hybridized carbons (Fsp3) is 0.222. The molecule has 0 aliphatic rings. The van der Waals surface area contributed by atoms with Crippen molar-refractivity contribution in [2.75, 3.05) is 19.0 Å². The Kier molecular flexibility index (Phi) is 6.81. The summed E-state index contributed by atoms with van der Waals surface area (Å²) in [5.74, 6) is 0.462. The van der Waals surface area contributed by atoms with Crippen molar-refractivity contribution < 1.29 is 14.3 Å². The van der Waals surface area contributed by atoms with E-state index in [1.165, 1.54) is 0 Å². The van der Waals surface area contributed by atoms with Crippen LogP contribution in [0.25, 0.3) is 0 Å². The van der Waals surface area contributed by atoms with Gasteiger partial charge >= 0.3 is 0 Å². The van der Waals surface area contributed by atoms with E-state index in [-0.39, 0.29) is 11.8 Å². The van der Waals surface area contributed by atoms with E-state index in [0.717, 1.165) is 10.2 Å². The lowest BCUT2D eigenvalue weighted by atomic mass is 10.2. The van der Waals surface area contributed by atoms with Gasteiger partial charge in [0.15, 0.2) is 0 Å². The van der Waals surface area contributed by atoms with Gasteiger partial charge in [-0.15, -0.1) is 0 Å². The van der Waals surface area contributed by atoms with Crippen molar-refractivity contribution >= 4 is 33.4 Å². The zero-order chi connectivity index (χ0) is 17.4. The van der Waals surface area contributed by atoms with Crippen molar-refractivity contribution in [3.63, 3.8) is 0 Å². The van der Waals surface area contributed by atoms with Gasteiger partial charge in [-0.1, -0.05) is 18.2 Å². The lowest BCUT2D eigenvalue weighted by Gasteiger charge is -2.09. The molecule has 0 saturated carbocycles. The third kappa shape index (κ3) is 5.38. The smallest absolute Gasteiger partial charge is 0.251 e. The first-order valence-corrected chi connectivity index (χ1v) is 8.39. The molecule has 0 aliphatic heterocycles. The van der Waals surface area contributed by atoms with Gasteiger partial charge in [-0.25, -0.2) is 0 Å². The maximum absolute atomic E-state index is 12.0. The number of para-hydroxylation sites is 1. The highest BCUT2D eigenvalue weighted by Crippen LogP contribution is 2.23. The van der Waals surface area contributed by atoms with Gasteiger partial charge in [0, 0.05) is 24.7 Å². The van der Waals surface area contributed by atoms with Gasteiger partial charge in [0.25, 0.3) is 5.91 Å². The molecule has 2 aromatic rings. The van der Waals surface area contributed by atoms with Crippen LogP contribution in [0.15, 0.2) is 53.0 Å². The van der Waals surface area contributed by atoms with Crippen LogP contribution in [0.4, 0.5) is 5.69 Å². The van der Waals surface area contributed by atoms with E-state index in [2.05, 4.69) is 26.6 Å². The van der Waals surface area contributed by atoms with Crippen LogP contribution in [0.5, 0.6) is 5.75 Å². The Hall–Kier alpha value is -2.34. The Balaban J connectivity index is 1.77. The number of hydrogen-bond acceptors (Lipinski definition) is 3. The highest BCUT2D eigenvalue weighted by Gasteiger charge is 2.07. The average molecular weight is 391 g/mol. The molecule has 5 nitrogen and oxygen atoms in total. The van der Waals surface area contributed by atoms with Crippen molar-refractivity contribution in [3.05, 3.63) is 58.6 Å². The van der Waals surface area contributed by atoms with Crippen LogP contribution in [0.3, 0.4) is 0 Å². The number of amides is 2. The Labute approximate surface area is 149 Å². The third-order valence-corrected chi connectivity index (χ3v) is 3.93. The number of halogens is 1. The second-order valence-electron chi connectivity index (χ2n) is 5.09. The lowest BCUT2D eigenvalue weighted by Crippen LogP contribution is -2.18. The largest absolute Gasteiger partial charge is 0.492 e. The van der Waals surface area contributed by atoms with E-state index in [4.69, 9.17) is 4.74 Å². The van der Waals surface area contributed by atoms with Crippen LogP contribution >= 0.6 is 15.9 Å². The predicted molar refractivity (Wildman–Crippen MR) is 97.3 cm³/mol. The van der Waals surface area contributed by atoms with Crippen molar-refractivity contribution in [1.29, 1.82) is 0 Å². The van der Waals surface area contributed by atoms with Crippen molar-refractivity contribution in [2.24, 2.45) is 0 Å². The molecule has 0 spiro atoms. The Morgan fingerprint density at radius 3 is 2.67 bits per heavy atom. The third-order valence-electron chi connectivity index (χ3n) is 3.28. The summed E-state index contributed by atoms with van der Waals surface area (Å²) in [7, 11) is 1.57. The zero-order valence-corrected chi connectivity index (χ0v) is 14.9. The van der Waals surface area contributed by atoms with E-state index in [1.807, 2.05) is 24.3 Å². The highest BCUT2D eigenvalue weighted by molar-refractivity contribution is 9.10. The maximum Gasteiger partial charge on any atom is 0.251 e. The summed E-state index contributed by atoms with van der Waals surface area (Å²) in [4.78, 5) is 23.5. The van der Waals surface area contributed by atoms with Crippen LogP contribution in [-0.4, -0.2) is 25.5 Å². The number of ether oxygens (including phenoxy) is 1. The van der Waals surface area contributed by atoms with Crippen molar-refractivity contribution in [2.45, 2.75) is 12.8 Å². The molecule has 0 aromatic heterocycles. The van der Waals surface area contributed by atoms with Crippen molar-refractivity contribution in [1.82, 2.24) is 5.32 Å². The van der Waals surface area contributed by atoms with Gasteiger partial charge in [0.05, 0.1) is 11.1 Å². The monoisotopic (exact) mass is 390 g/mol. The number of nitrogens with one attached hydrogen (secondary N) is 2. The maximum atomic E-state index is 12.0. The van der Waals surface area contributed by atoms with Crippen molar-refractivity contribution in [3.8, 4) is 5.75 Å². The summed E-state index contributed by atoms with van der Waals surface area (Å²) in [6.45, 7) is 0.453. The number of carbonyl (C=O) groups is 2. The van der Waals surface area contributed by atoms with Crippen LogP contribution in [-0.2, 0) is 4.79 Å². The van der Waals surface area contributed by atoms with Crippen LogP contribution < -0.4 is 15.4 Å². The summed E-state index contributed by atoms with van der Waals surface area (Å²) >= 11 is 3.41. The number of hydrogen-bond donors (Lipinski definition) is 2. The highest BCUT2D eigenvalue weighted by atomic mass is 79.9. The first-order chi connectivity index (χ1) is 11.6. The molecule has 0 unspecified atom stereocenters. The molecule has 0 radical (unpaired) electrons. The molecular weight excluding hydrogens is 372 g/mol. The molecule has 0 fully saturated rings. The molecule has 2 amide bonds. The molecule has 2 aromatic carbocycles. The fourth-order valence-corrected chi connectivity index (χ4v) is 2.48. The topological polar surface area (TPSA) is 67.4 Å². The predicted octanol–water partition coefficient (Wildman–Crippen LogP) is 3.61. The quantitative estimate of drug-likeness (QED) is 0.709. The molecule has 6 heteroatoms. The first kappa shape index (κ1) is 18.0. The molecule has 0 saturated heterocycles. The second kappa shape index (κ2) is 9.08. The summed E-state index contributed by atoms with van der Waals surface area (Å²) in [5, 5.41) is 5.34. The van der Waals surface area contributed by atoms with Gasteiger partial charge in [0.2, 0.25) is 5.91 Å². The molecule has 0 atom stereocenters. The van der Waals surface area contributed by atoms with E-state index in [9.17, 15) is 9.59 Å². The number of carbonyl (C=O) groups excluding carboxylic acids is 2. The Bertz CT molecular complexity index is 719. The standard InChI is InChI=1S/C18H19BrN2O3/c1-20-18(23)13-6-4-7-14(12-13)21-17(22)10-5-11-24-16-9-3-2-8-15(16)19/h2-4,6-9,12H,5,10-11H2,1H3,(H,20,23)(H,21,22). The molecule has 2 rings (SSSR count). The van der Waals surface area contributed by atoms with Gasteiger partial charge in [0.1, 0.15) is 5.75 Å². The van der Waals surface area contributed by atoms with E-state index in [0.29, 0.717) is 30.7 Å². The first-order valence-electron chi connectivity index (χ1n) is 7.59. The van der Waals surface area contributed by atoms with Gasteiger partial charge in [-0.05, 0) is 52.7 Å². The fourth-order valence-electron chi connectivity index (χ4n) is 2.08. The minimum atomic E-state index is -0.187. The summed E-state index contributed by atoms with van der Waals surface area (Å²) < 4.78 is 6.51. The van der Waals surface area contributed by atoms with Crippen LogP contribution in [0.2, 0.25) is 0 Å². The van der Waals surface area contributed by atoms with Crippen LogP contribution in [0, 0.1) is 0 Å². The van der Waals surface area contributed by atoms with Gasteiger partial charge in [-0.2, -0.15) is 0 Å². The normalized spacial score (nSPS) is 10.1. The minimum Gasteiger partial charge on any atom is -0.492 e. The molecule has 24 heavy (non-hydrogen) atoms. The SMILES string of the molecule is CNC(=O)c1cccc(NC(=O)CCCOc2ccccc2Br)c1. The zero-order valence-electron chi connectivity index (χ0n) is 13.3. The second-order valence-corrected chi connectivity index (χ2v) is 5.94. The molecule has 0 bridgehead atoms. The molecular formula is C18H19BrN2O3. The molecule has 126 valence electrons. The Morgan fingerprint density at radius 1 is 1.12 bits per heavy atom. The number of benzene rings is 2. The average Bonchev–Trinajstić information content (AvgIpc) is 2.59. The summed E-state index contributed by atoms with van der Waals surface area (Å²) in [6.07, 6.45) is 0.941. The molecule has 2 N–H and O–H groups in total. The summed E-state index contributed by atoms with van der Waals surface area (Å²) in [5.41, 5.74) is 1.11. The van der Waals surface area contributed by atoms with E-state index in [1.54, 1.807) is 31.3 Å². The minimum absolute atomic E-state index is 0.111. The van der Waals surface area contributed by atoms with E-state index < -0.39 is 0 Å². The summed E-state index contributed by atoms with van der Waals surface area (Å²) in [6, 6.07) is 14.4. The Morgan fingerprint density at radius 2 is 1.92 bits per heavy atom. The molecule has 0 heterocycles. The lowest BCUT2D eigenvalue weighted by molar-refractivity contribution is -0.116. The van der Waals surface area contributed by atoms with Gasteiger partial charge < -0.3 is 15.4 Å². The number of rotatable bonds is 7. The molecule has 0 aliphatic carbocycles. The number of anilines is 1. The van der Waals surface area contributed by atoms with Crippen LogP contribution in [0.1, 0.15) is 23.2 Å². The van der Waals surface area contributed by atoms with E-state index >= 15 is 0 Å². The van der Waals surface area contributed by atoms with Gasteiger partial charge in [-0.3, -0.25) is 9.59 Å².